The van der Waals surface area contributed by atoms with Crippen molar-refractivity contribution in [2.75, 3.05) is 39.8 Å². The van der Waals surface area contributed by atoms with E-state index in [1.165, 1.54) is 18.1 Å². The Morgan fingerprint density at radius 2 is 1.80 bits per heavy atom. The fraction of sp³-hybridized carbons (Fsp3) is 0.355. The van der Waals surface area contributed by atoms with E-state index in [1.54, 1.807) is 44.4 Å². The second-order valence-electron chi connectivity index (χ2n) is 11.1. The smallest absolute Gasteiger partial charge is 0.411 e. The molecule has 0 radical (unpaired) electrons. The lowest BCUT2D eigenvalue weighted by Crippen LogP contribution is -2.66. The fourth-order valence-electron chi connectivity index (χ4n) is 6.85. The molecule has 0 unspecified atom stereocenters. The molecule has 0 heterocycles. The molecule has 0 saturated heterocycles. The summed E-state index contributed by atoms with van der Waals surface area (Å²) in [6.07, 6.45) is -0.533. The van der Waals surface area contributed by atoms with Crippen molar-refractivity contribution < 1.29 is 48.4 Å². The van der Waals surface area contributed by atoms with Crippen molar-refractivity contribution in [3.63, 3.8) is 0 Å². The average Bonchev–Trinajstić information content (AvgIpc) is 2.96. The van der Waals surface area contributed by atoms with Gasteiger partial charge in [0.2, 0.25) is 5.78 Å². The number of carbonyl (C=O) groups excluding carboxylic acids is 4. The van der Waals surface area contributed by atoms with Gasteiger partial charge in [-0.2, -0.15) is 0 Å². The number of phenols is 1. The number of aliphatic hydroxyl groups is 2. The van der Waals surface area contributed by atoms with Crippen molar-refractivity contribution in [2.24, 2.45) is 17.6 Å². The van der Waals surface area contributed by atoms with E-state index in [9.17, 15) is 38.9 Å². The Morgan fingerprint density at radius 3 is 2.39 bits per heavy atom. The van der Waals surface area contributed by atoms with Crippen LogP contribution in [0.25, 0.3) is 16.9 Å². The van der Waals surface area contributed by atoms with Crippen LogP contribution >= 0.6 is 0 Å². The van der Waals surface area contributed by atoms with E-state index in [0.29, 0.717) is 22.4 Å². The van der Waals surface area contributed by atoms with Gasteiger partial charge in [-0.25, -0.2) is 9.18 Å². The van der Waals surface area contributed by atoms with E-state index >= 15 is 0 Å². The highest BCUT2D eigenvalue weighted by Crippen LogP contribution is 2.54. The highest BCUT2D eigenvalue weighted by atomic mass is 19.1. The quantitative estimate of drug-likeness (QED) is 0.292. The second-order valence-corrected chi connectivity index (χ2v) is 11.1. The molecule has 0 aromatic heterocycles. The number of carbonyl (C=O) groups is 4. The van der Waals surface area contributed by atoms with Gasteiger partial charge in [0, 0.05) is 24.3 Å². The predicted molar refractivity (Wildman–Crippen MR) is 155 cm³/mol. The molecule has 12 nitrogen and oxygen atoms in total. The first-order valence-corrected chi connectivity index (χ1v) is 13.8. The van der Waals surface area contributed by atoms with Crippen LogP contribution in [0.15, 0.2) is 53.3 Å². The Kier molecular flexibility index (Phi) is 7.95. The van der Waals surface area contributed by atoms with Gasteiger partial charge in [-0.1, -0.05) is 18.2 Å². The number of alkyl halides is 1. The van der Waals surface area contributed by atoms with Crippen LogP contribution in [-0.2, 0) is 30.3 Å². The van der Waals surface area contributed by atoms with Crippen LogP contribution in [0.1, 0.15) is 17.5 Å². The van der Waals surface area contributed by atoms with Crippen molar-refractivity contribution in [2.45, 2.75) is 24.5 Å². The van der Waals surface area contributed by atoms with E-state index < -0.39 is 70.8 Å². The Bertz CT molecular complexity index is 1630. The highest BCUT2D eigenvalue weighted by molar-refractivity contribution is 6.24. The Balaban J connectivity index is 1.62. The molecule has 5 rings (SSSR count). The van der Waals surface area contributed by atoms with E-state index in [2.05, 4.69) is 10.1 Å². The third kappa shape index (κ3) is 4.59. The maximum atomic E-state index is 14.3. The van der Waals surface area contributed by atoms with E-state index in [-0.39, 0.29) is 36.3 Å². The Labute approximate surface area is 251 Å². The van der Waals surface area contributed by atoms with Crippen molar-refractivity contribution in [1.82, 2.24) is 4.90 Å². The summed E-state index contributed by atoms with van der Waals surface area (Å²) in [5, 5.41) is 36.2. The number of methoxy groups -OCH3 is 1. The summed E-state index contributed by atoms with van der Waals surface area (Å²) < 4.78 is 22.7. The molecule has 2 aromatic rings. The number of primary amides is 1. The molecule has 4 atom stereocenters. The molecule has 6 N–H and O–H groups in total. The van der Waals surface area contributed by atoms with Gasteiger partial charge < -0.3 is 30.5 Å². The lowest BCUT2D eigenvalue weighted by molar-refractivity contribution is -0.159. The number of hydrogen-bond donors (Lipinski definition) is 5. The third-order valence-electron chi connectivity index (χ3n) is 8.65. The molecule has 2 aromatic carbocycles. The maximum Gasteiger partial charge on any atom is 0.411 e. The Morgan fingerprint density at radius 1 is 1.11 bits per heavy atom. The zero-order valence-corrected chi connectivity index (χ0v) is 24.2. The number of likely N-dealkylation sites (N-methyl/N-ethyl adjacent to an activating group) is 1. The number of phenolic OH excluding ortho intramolecular Hbond substituents is 1. The zero-order valence-electron chi connectivity index (χ0n) is 24.2. The number of hydrogen-bond acceptors (Lipinski definition) is 10. The first-order chi connectivity index (χ1) is 20.9. The van der Waals surface area contributed by atoms with Crippen LogP contribution in [-0.4, -0.2) is 89.9 Å². The fourth-order valence-corrected chi connectivity index (χ4v) is 6.85. The van der Waals surface area contributed by atoms with Crippen LogP contribution in [0.4, 0.5) is 14.9 Å². The number of nitrogens with two attached hydrogens (primary N) is 1. The van der Waals surface area contributed by atoms with Gasteiger partial charge in [0.05, 0.1) is 11.6 Å². The summed E-state index contributed by atoms with van der Waals surface area (Å²) in [5.74, 6) is -6.06. The minimum atomic E-state index is -2.17. The topological polar surface area (TPSA) is 189 Å². The largest absolute Gasteiger partial charge is 0.508 e. The van der Waals surface area contributed by atoms with Gasteiger partial charge in [0.15, 0.2) is 11.4 Å². The summed E-state index contributed by atoms with van der Waals surface area (Å²) >= 11 is 0. The van der Waals surface area contributed by atoms with Crippen LogP contribution in [0.5, 0.6) is 5.75 Å². The number of ketones is 2. The molecule has 44 heavy (non-hydrogen) atoms. The SMILES string of the molecule is CO[C@]12C(=O)C3=C(O)c4c(O)ccc(-c5ccc(NC(=O)OCCF)cc5)c4C[C@H]3C[C@H]1[C@@H](N(C)C)C(=O)C(C(N)=O)=C2O. The third-order valence-corrected chi connectivity index (χ3v) is 8.65. The number of aliphatic hydroxyl groups excluding tert-OH is 2. The standard InChI is InChI=1S/C31H32FN3O9/c1-35(2)24-19-13-15-12-18-17(14-4-6-16(7-5-14)34-30(42)44-11-10-32)8-9-20(36)22(18)25(37)21(15)27(39)31(19,43-3)28(40)23(26(24)38)29(33)41/h4-9,15,19,24,36-37,40H,10-13H2,1-3H3,(H2,33,41)(H,34,42)/t15-,19-,24+,31-/m0/s1. The van der Waals surface area contributed by atoms with Gasteiger partial charge >= 0.3 is 6.09 Å². The summed E-state index contributed by atoms with van der Waals surface area (Å²) in [4.78, 5) is 53.3. The molecule has 1 saturated carbocycles. The van der Waals surface area contributed by atoms with Crippen LogP contribution < -0.4 is 11.1 Å². The normalized spacial score (nSPS) is 24.5. The number of nitrogens with zero attached hydrogens (tertiary/aromatic N) is 1. The number of rotatable bonds is 7. The second kappa shape index (κ2) is 11.4. The summed E-state index contributed by atoms with van der Waals surface area (Å²) in [7, 11) is 4.37. The average molecular weight is 610 g/mol. The first-order valence-electron chi connectivity index (χ1n) is 13.8. The van der Waals surface area contributed by atoms with Crippen LogP contribution in [0.3, 0.4) is 0 Å². The van der Waals surface area contributed by atoms with E-state index in [4.69, 9.17) is 10.5 Å². The van der Waals surface area contributed by atoms with Gasteiger partial charge in [-0.15, -0.1) is 0 Å². The van der Waals surface area contributed by atoms with Gasteiger partial charge in [-0.3, -0.25) is 24.6 Å². The zero-order chi connectivity index (χ0) is 32.1. The van der Waals surface area contributed by atoms with E-state index in [1.807, 2.05) is 0 Å². The molecule has 13 heteroatoms. The van der Waals surface area contributed by atoms with Crippen molar-refractivity contribution in [3.05, 3.63) is 64.4 Å². The van der Waals surface area contributed by atoms with Crippen molar-refractivity contribution in [3.8, 4) is 16.9 Å². The summed E-state index contributed by atoms with van der Waals surface area (Å²) in [6.45, 7) is -1.18. The van der Waals surface area contributed by atoms with E-state index in [0.717, 1.165) is 0 Å². The molecule has 0 aliphatic heterocycles. The molecule has 3 aliphatic rings. The number of nitrogens with one attached hydrogen (secondary N) is 1. The lowest BCUT2D eigenvalue weighted by atomic mass is 9.57. The minimum absolute atomic E-state index is 0.0263. The van der Waals surface area contributed by atoms with Crippen LogP contribution in [0.2, 0.25) is 0 Å². The predicted octanol–water partition coefficient (Wildman–Crippen LogP) is 2.80. The number of ether oxygens (including phenoxy) is 2. The monoisotopic (exact) mass is 609 g/mol. The minimum Gasteiger partial charge on any atom is -0.508 e. The molecule has 0 spiro atoms. The molecule has 1 fully saturated rings. The van der Waals surface area contributed by atoms with Gasteiger partial charge in [0.25, 0.3) is 5.91 Å². The highest BCUT2D eigenvalue weighted by Gasteiger charge is 2.65. The molecule has 2 amide bonds. The van der Waals surface area contributed by atoms with Crippen molar-refractivity contribution in [1.29, 1.82) is 0 Å². The van der Waals surface area contributed by atoms with Gasteiger partial charge in [-0.05, 0) is 67.7 Å². The van der Waals surface area contributed by atoms with Crippen molar-refractivity contribution >= 4 is 35.0 Å². The number of amides is 2. The summed E-state index contributed by atoms with van der Waals surface area (Å²) in [6, 6.07) is 8.59. The number of aromatic hydroxyl groups is 1. The number of Topliss-reactive ketones (excluding diaryl/α,β-unsaturated/α-hetero) is 2. The lowest BCUT2D eigenvalue weighted by Gasteiger charge is -2.52. The molecule has 3 aliphatic carbocycles. The van der Waals surface area contributed by atoms with Crippen LogP contribution in [0, 0.1) is 11.8 Å². The number of benzene rings is 2. The summed E-state index contributed by atoms with van der Waals surface area (Å²) in [5.41, 5.74) is 4.71. The number of halogens is 1. The number of fused-ring (bicyclic) bond motifs is 3. The first kappa shape index (κ1) is 30.7. The number of anilines is 1. The Hall–Kier alpha value is -4.75. The molecule has 232 valence electrons. The molecular weight excluding hydrogens is 577 g/mol. The molecular formula is C31H32FN3O9. The molecule has 0 bridgehead atoms. The van der Waals surface area contributed by atoms with Gasteiger partial charge in [0.1, 0.15) is 36.1 Å². The maximum absolute atomic E-state index is 14.3.